The van der Waals surface area contributed by atoms with Crippen molar-refractivity contribution < 1.29 is 24.2 Å². The first-order valence-electron chi connectivity index (χ1n) is 9.83. The number of anilines is 2. The second-order valence-electron chi connectivity index (χ2n) is 6.93. The predicted molar refractivity (Wildman–Crippen MR) is 130 cm³/mol. The Kier molecular flexibility index (Phi) is 7.97. The van der Waals surface area contributed by atoms with E-state index in [-0.39, 0.29) is 17.0 Å². The van der Waals surface area contributed by atoms with Gasteiger partial charge in [0.05, 0.1) is 28.5 Å². The van der Waals surface area contributed by atoms with Crippen molar-refractivity contribution in [3.05, 3.63) is 82.9 Å². The van der Waals surface area contributed by atoms with Crippen LogP contribution in [0, 0.1) is 0 Å². The lowest BCUT2D eigenvalue weighted by molar-refractivity contribution is -0.115. The monoisotopic (exact) mass is 484 g/mol. The molecule has 170 valence electrons. The molecule has 0 aliphatic heterocycles. The number of aromatic carboxylic acids is 1. The molecule has 0 saturated heterocycles. The Morgan fingerprint density at radius 1 is 0.939 bits per heavy atom. The summed E-state index contributed by atoms with van der Waals surface area (Å²) < 4.78 is 5.11. The smallest absolute Gasteiger partial charge is 0.336 e. The Bertz CT molecular complexity index is 1200. The molecule has 9 heteroatoms. The topological polar surface area (TPSA) is 105 Å². The van der Waals surface area contributed by atoms with Gasteiger partial charge in [0.15, 0.2) is 0 Å². The summed E-state index contributed by atoms with van der Waals surface area (Å²) in [6, 6.07) is 17.9. The van der Waals surface area contributed by atoms with E-state index < -0.39 is 17.1 Å². The van der Waals surface area contributed by atoms with Crippen molar-refractivity contribution in [1.82, 2.24) is 0 Å². The Labute approximate surface area is 200 Å². The molecule has 0 radical (unpaired) electrons. The van der Waals surface area contributed by atoms with Gasteiger partial charge in [-0.2, -0.15) is 0 Å². The number of carbonyl (C=O) groups is 3. The number of carboxylic acids is 1. The lowest BCUT2D eigenvalue weighted by Gasteiger charge is -2.14. The molecule has 0 fully saturated rings. The molecule has 3 N–H and O–H groups in total. The Hall–Kier alpha value is -3.49. The van der Waals surface area contributed by atoms with Crippen molar-refractivity contribution in [3.63, 3.8) is 0 Å². The summed E-state index contributed by atoms with van der Waals surface area (Å²) in [5, 5.41) is 14.8. The van der Waals surface area contributed by atoms with E-state index in [4.69, 9.17) is 16.3 Å². The van der Waals surface area contributed by atoms with E-state index in [2.05, 4.69) is 10.6 Å². The van der Waals surface area contributed by atoms with Crippen molar-refractivity contribution in [1.29, 1.82) is 0 Å². The first kappa shape index (κ1) is 24.2. The number of thioether (sulfide) groups is 1. The molecule has 0 aliphatic rings. The van der Waals surface area contributed by atoms with Gasteiger partial charge in [0, 0.05) is 16.3 Å². The number of hydrogen-bond acceptors (Lipinski definition) is 5. The van der Waals surface area contributed by atoms with Crippen molar-refractivity contribution in [2.45, 2.75) is 17.1 Å². The highest BCUT2D eigenvalue weighted by atomic mass is 35.5. The third-order valence-corrected chi connectivity index (χ3v) is 5.98. The molecule has 0 aromatic heterocycles. The molecule has 2 amide bonds. The second-order valence-corrected chi connectivity index (χ2v) is 8.75. The minimum Gasteiger partial charge on any atom is -0.495 e. The number of rotatable bonds is 8. The van der Waals surface area contributed by atoms with Gasteiger partial charge in [0.2, 0.25) is 5.91 Å². The second kappa shape index (κ2) is 10.9. The van der Waals surface area contributed by atoms with Crippen molar-refractivity contribution in [2.75, 3.05) is 17.7 Å². The molecular weight excluding hydrogens is 464 g/mol. The van der Waals surface area contributed by atoms with Crippen LogP contribution in [0.15, 0.2) is 71.6 Å². The van der Waals surface area contributed by atoms with Crippen LogP contribution in [0.2, 0.25) is 5.02 Å². The number of nitrogens with one attached hydrogen (secondary N) is 2. The van der Waals surface area contributed by atoms with Crippen LogP contribution in [-0.2, 0) is 4.79 Å². The van der Waals surface area contributed by atoms with E-state index in [0.717, 1.165) is 4.90 Å². The summed E-state index contributed by atoms with van der Waals surface area (Å²) in [5.41, 5.74) is 1.02. The standard InChI is InChI=1S/C24H21ClN2O5S/c1-14(22(28)26-16-10-11-21(32-2)20(25)13-16)33-17-7-5-6-15(12-17)27-23(29)18-8-3-4-9-19(18)24(30)31/h3-14H,1-2H3,(H,26,28)(H,27,29)(H,30,31). The van der Waals surface area contributed by atoms with Gasteiger partial charge in [0.25, 0.3) is 5.91 Å². The molecule has 0 heterocycles. The van der Waals surface area contributed by atoms with Gasteiger partial charge in [-0.05, 0) is 55.5 Å². The molecule has 1 atom stereocenters. The molecule has 0 bridgehead atoms. The maximum atomic E-state index is 12.6. The van der Waals surface area contributed by atoms with E-state index in [1.54, 1.807) is 55.5 Å². The Morgan fingerprint density at radius 3 is 2.30 bits per heavy atom. The van der Waals surface area contributed by atoms with Crippen LogP contribution in [0.1, 0.15) is 27.6 Å². The van der Waals surface area contributed by atoms with Crippen LogP contribution in [-0.4, -0.2) is 35.2 Å². The first-order valence-corrected chi connectivity index (χ1v) is 11.1. The average molecular weight is 485 g/mol. The SMILES string of the molecule is COc1ccc(NC(=O)C(C)Sc2cccc(NC(=O)c3ccccc3C(=O)O)c2)cc1Cl. The average Bonchev–Trinajstić information content (AvgIpc) is 2.79. The van der Waals surface area contributed by atoms with Gasteiger partial charge in [-0.15, -0.1) is 11.8 Å². The van der Waals surface area contributed by atoms with Gasteiger partial charge in [-0.3, -0.25) is 9.59 Å². The molecule has 3 rings (SSSR count). The summed E-state index contributed by atoms with van der Waals surface area (Å²) in [4.78, 5) is 37.3. The molecule has 0 aliphatic carbocycles. The zero-order valence-electron chi connectivity index (χ0n) is 17.8. The summed E-state index contributed by atoms with van der Waals surface area (Å²) >= 11 is 7.42. The minimum absolute atomic E-state index is 0.0638. The first-order chi connectivity index (χ1) is 15.8. The molecule has 33 heavy (non-hydrogen) atoms. The van der Waals surface area contributed by atoms with Crippen LogP contribution in [0.3, 0.4) is 0 Å². The number of hydrogen-bond donors (Lipinski definition) is 3. The van der Waals surface area contributed by atoms with Crippen LogP contribution in [0.4, 0.5) is 11.4 Å². The number of methoxy groups -OCH3 is 1. The van der Waals surface area contributed by atoms with E-state index in [0.29, 0.717) is 22.1 Å². The fourth-order valence-corrected chi connectivity index (χ4v) is 4.14. The lowest BCUT2D eigenvalue weighted by atomic mass is 10.1. The molecular formula is C24H21ClN2O5S. The Balaban J connectivity index is 1.66. The van der Waals surface area contributed by atoms with E-state index >= 15 is 0 Å². The third kappa shape index (κ3) is 6.27. The largest absolute Gasteiger partial charge is 0.495 e. The van der Waals surface area contributed by atoms with Crippen molar-refractivity contribution in [3.8, 4) is 5.75 Å². The van der Waals surface area contributed by atoms with Gasteiger partial charge in [0.1, 0.15) is 5.75 Å². The fourth-order valence-electron chi connectivity index (χ4n) is 2.96. The van der Waals surface area contributed by atoms with Gasteiger partial charge in [-0.1, -0.05) is 29.8 Å². The highest BCUT2D eigenvalue weighted by Crippen LogP contribution is 2.29. The van der Waals surface area contributed by atoms with Gasteiger partial charge < -0.3 is 20.5 Å². The Morgan fingerprint density at radius 2 is 1.64 bits per heavy atom. The predicted octanol–water partition coefficient (Wildman–Crippen LogP) is 5.42. The molecule has 0 spiro atoms. The maximum Gasteiger partial charge on any atom is 0.336 e. The van der Waals surface area contributed by atoms with Crippen LogP contribution in [0.5, 0.6) is 5.75 Å². The fraction of sp³-hybridized carbons (Fsp3) is 0.125. The summed E-state index contributed by atoms with van der Waals surface area (Å²) in [6.07, 6.45) is 0. The number of amides is 2. The zero-order valence-corrected chi connectivity index (χ0v) is 19.4. The van der Waals surface area contributed by atoms with E-state index in [1.807, 2.05) is 6.07 Å². The zero-order chi connectivity index (χ0) is 24.0. The molecule has 3 aromatic rings. The normalized spacial score (nSPS) is 11.4. The van der Waals surface area contributed by atoms with Crippen LogP contribution < -0.4 is 15.4 Å². The number of carbonyl (C=O) groups excluding carboxylic acids is 2. The van der Waals surface area contributed by atoms with Crippen molar-refractivity contribution in [2.24, 2.45) is 0 Å². The number of halogens is 1. The summed E-state index contributed by atoms with van der Waals surface area (Å²) in [6.45, 7) is 1.76. The highest BCUT2D eigenvalue weighted by Gasteiger charge is 2.18. The molecule has 3 aromatic carbocycles. The van der Waals surface area contributed by atoms with Crippen molar-refractivity contribution >= 4 is 52.5 Å². The quantitative estimate of drug-likeness (QED) is 0.369. The summed E-state index contributed by atoms with van der Waals surface area (Å²) in [5.74, 6) is -1.41. The van der Waals surface area contributed by atoms with Gasteiger partial charge >= 0.3 is 5.97 Å². The number of carboxylic acid groups (broad SMARTS) is 1. The third-order valence-electron chi connectivity index (χ3n) is 4.60. The number of ether oxygens (including phenoxy) is 1. The number of benzene rings is 3. The van der Waals surface area contributed by atoms with Crippen LogP contribution >= 0.6 is 23.4 Å². The van der Waals surface area contributed by atoms with Crippen LogP contribution in [0.25, 0.3) is 0 Å². The maximum absolute atomic E-state index is 12.6. The summed E-state index contributed by atoms with van der Waals surface area (Å²) in [7, 11) is 1.51. The lowest BCUT2D eigenvalue weighted by Crippen LogP contribution is -2.22. The van der Waals surface area contributed by atoms with E-state index in [1.165, 1.54) is 31.0 Å². The highest BCUT2D eigenvalue weighted by molar-refractivity contribution is 8.00. The molecule has 0 saturated carbocycles. The molecule has 1 unspecified atom stereocenters. The minimum atomic E-state index is -1.18. The molecule has 7 nitrogen and oxygen atoms in total. The van der Waals surface area contributed by atoms with E-state index in [9.17, 15) is 19.5 Å². The van der Waals surface area contributed by atoms with Gasteiger partial charge in [-0.25, -0.2) is 4.79 Å².